The molecule has 0 radical (unpaired) electrons. The van der Waals surface area contributed by atoms with E-state index < -0.39 is 34.4 Å². The molecule has 1 unspecified atom stereocenters. The van der Waals surface area contributed by atoms with E-state index in [0.717, 1.165) is 25.5 Å². The van der Waals surface area contributed by atoms with E-state index in [1.165, 1.54) is 12.1 Å². The van der Waals surface area contributed by atoms with E-state index >= 15 is 4.39 Å². The number of benzene rings is 2. The summed E-state index contributed by atoms with van der Waals surface area (Å²) in [4.78, 5) is 23.6. The summed E-state index contributed by atoms with van der Waals surface area (Å²) in [5.41, 5.74) is -2.18. The molecule has 0 saturated carbocycles. The number of aromatic nitrogens is 2. The number of fused-ring (bicyclic) bond motifs is 2. The van der Waals surface area contributed by atoms with Crippen molar-refractivity contribution < 1.29 is 27.8 Å². The van der Waals surface area contributed by atoms with E-state index in [9.17, 15) is 18.7 Å². The summed E-state index contributed by atoms with van der Waals surface area (Å²) >= 11 is 0. The molecule has 10 heteroatoms. The molecule has 1 aliphatic rings. The van der Waals surface area contributed by atoms with Crippen molar-refractivity contribution in [3.63, 3.8) is 0 Å². The molecule has 2 heterocycles. The molecular weight excluding hydrogens is 485 g/mol. The number of alkyl halides is 2. The molecule has 2 N–H and O–H groups in total. The maximum absolute atomic E-state index is 15.4. The first-order valence-electron chi connectivity index (χ1n) is 11.9. The average molecular weight is 517 g/mol. The zero-order chi connectivity index (χ0) is 27.5. The van der Waals surface area contributed by atoms with Gasteiger partial charge in [-0.05, 0) is 58.4 Å². The van der Waals surface area contributed by atoms with E-state index in [2.05, 4.69) is 15.3 Å². The van der Waals surface area contributed by atoms with E-state index in [1.807, 2.05) is 13.0 Å². The summed E-state index contributed by atoms with van der Waals surface area (Å²) in [6.45, 7) is 7.24. The van der Waals surface area contributed by atoms with Crippen molar-refractivity contribution >= 4 is 28.3 Å². The van der Waals surface area contributed by atoms with Crippen LogP contribution in [-0.4, -0.2) is 47.3 Å². The van der Waals surface area contributed by atoms with Gasteiger partial charge in [-0.3, -0.25) is 4.79 Å². The molecule has 0 spiro atoms. The Morgan fingerprint density at radius 2 is 1.92 bits per heavy atom. The van der Waals surface area contributed by atoms with Gasteiger partial charge in [0.1, 0.15) is 23.1 Å². The van der Waals surface area contributed by atoms with Gasteiger partial charge in [0, 0.05) is 30.8 Å². The minimum Gasteiger partial charge on any atom is -0.384 e. The zero-order valence-electron chi connectivity index (χ0n) is 21.9. The van der Waals surface area contributed by atoms with Crippen LogP contribution in [0.3, 0.4) is 0 Å². The third-order valence-corrected chi connectivity index (χ3v) is 7.05. The number of carbonyl (C=O) groups is 1. The molecule has 2 aromatic carbocycles. The second-order valence-electron chi connectivity index (χ2n) is 10.3. The lowest BCUT2D eigenvalue weighted by Gasteiger charge is -2.30. The van der Waals surface area contributed by atoms with E-state index in [-0.39, 0.29) is 18.1 Å². The number of likely N-dealkylation sites (N-methyl/N-ethyl adjacent to an activating group) is 1. The Kier molecular flexibility index (Phi) is 6.49. The van der Waals surface area contributed by atoms with Crippen LogP contribution in [0.4, 0.5) is 24.7 Å². The topological polar surface area (TPSA) is 87.6 Å². The summed E-state index contributed by atoms with van der Waals surface area (Å²) in [6, 6.07) is 6.59. The van der Waals surface area contributed by atoms with Crippen LogP contribution in [0.25, 0.3) is 10.9 Å². The van der Waals surface area contributed by atoms with Gasteiger partial charge in [-0.2, -0.15) is 8.78 Å². The number of halogens is 3. The second kappa shape index (κ2) is 8.95. The predicted octanol–water partition coefficient (Wildman–Crippen LogP) is 4.99. The maximum atomic E-state index is 15.4. The standard InChI is InChI=1S/C27H31F3N4O3/c1-14(16-9-8-10-18(22(16)28)27(29,30)25(3,4)36)31-23-17-11-21-19(12-20(17)32-15(2)33-23)26(5,13-37-7)24(35)34(21)6/h8-12,14,36H,13H2,1-7H3,(H,31,32,33)/t14-,26?/m1/s1. The van der Waals surface area contributed by atoms with Crippen molar-refractivity contribution in [2.75, 3.05) is 31.0 Å². The number of hydrogen-bond donors (Lipinski definition) is 2. The van der Waals surface area contributed by atoms with Crippen molar-refractivity contribution in [2.24, 2.45) is 0 Å². The normalized spacial score (nSPS) is 18.9. The monoisotopic (exact) mass is 516 g/mol. The Bertz CT molecular complexity index is 1390. The lowest BCUT2D eigenvalue weighted by Crippen LogP contribution is -2.41. The number of aliphatic hydroxyl groups is 1. The van der Waals surface area contributed by atoms with Gasteiger partial charge in [-0.25, -0.2) is 14.4 Å². The van der Waals surface area contributed by atoms with Crippen molar-refractivity contribution in [3.05, 3.63) is 58.7 Å². The molecule has 7 nitrogen and oxygen atoms in total. The minimum atomic E-state index is -3.81. The van der Waals surface area contributed by atoms with Crippen molar-refractivity contribution in [1.29, 1.82) is 0 Å². The Morgan fingerprint density at radius 3 is 2.54 bits per heavy atom. The summed E-state index contributed by atoms with van der Waals surface area (Å²) in [5, 5.41) is 13.7. The van der Waals surface area contributed by atoms with Gasteiger partial charge in [0.15, 0.2) is 0 Å². The number of anilines is 2. The molecule has 198 valence electrons. The van der Waals surface area contributed by atoms with Crippen LogP contribution in [0.1, 0.15) is 56.3 Å². The minimum absolute atomic E-state index is 0.00744. The fourth-order valence-electron chi connectivity index (χ4n) is 4.87. The van der Waals surface area contributed by atoms with Gasteiger partial charge in [0.2, 0.25) is 5.91 Å². The summed E-state index contributed by atoms with van der Waals surface area (Å²) < 4.78 is 50.3. The van der Waals surface area contributed by atoms with Crippen LogP contribution in [0.5, 0.6) is 0 Å². The lowest BCUT2D eigenvalue weighted by atomic mass is 9.84. The molecule has 4 rings (SSSR count). The number of ether oxygens (including phenoxy) is 1. The molecular formula is C27H31F3N4O3. The summed E-state index contributed by atoms with van der Waals surface area (Å²) in [5.74, 6) is -4.21. The number of nitrogens with one attached hydrogen (secondary N) is 1. The average Bonchev–Trinajstić information content (AvgIpc) is 2.98. The van der Waals surface area contributed by atoms with Crippen LogP contribution >= 0.6 is 0 Å². The van der Waals surface area contributed by atoms with Crippen molar-refractivity contribution in [1.82, 2.24) is 9.97 Å². The summed E-state index contributed by atoms with van der Waals surface area (Å²) in [7, 11) is 3.22. The summed E-state index contributed by atoms with van der Waals surface area (Å²) in [6.07, 6.45) is 0. The van der Waals surface area contributed by atoms with Gasteiger partial charge in [0.05, 0.1) is 29.1 Å². The predicted molar refractivity (Wildman–Crippen MR) is 136 cm³/mol. The van der Waals surface area contributed by atoms with E-state index in [1.54, 1.807) is 39.0 Å². The molecule has 1 aromatic heterocycles. The number of nitrogens with zero attached hydrogens (tertiary/aromatic N) is 3. The number of carbonyl (C=O) groups excluding carboxylic acids is 1. The quantitative estimate of drug-likeness (QED) is 0.460. The van der Waals surface area contributed by atoms with Crippen LogP contribution in [0.15, 0.2) is 30.3 Å². The largest absolute Gasteiger partial charge is 0.384 e. The molecule has 0 aliphatic carbocycles. The maximum Gasteiger partial charge on any atom is 0.303 e. The highest BCUT2D eigenvalue weighted by Crippen LogP contribution is 2.45. The first-order chi connectivity index (χ1) is 17.1. The molecule has 0 bridgehead atoms. The Morgan fingerprint density at radius 1 is 1.24 bits per heavy atom. The SMILES string of the molecule is COCC1(C)C(=O)N(C)c2cc3c(N[C@H](C)c4cccc(C(F)(F)C(C)(C)O)c4F)nc(C)nc3cc21. The third kappa shape index (κ3) is 4.21. The lowest BCUT2D eigenvalue weighted by molar-refractivity contribution is -0.170. The molecule has 0 fully saturated rings. The highest BCUT2D eigenvalue weighted by atomic mass is 19.3. The first-order valence-corrected chi connectivity index (χ1v) is 11.9. The van der Waals surface area contributed by atoms with E-state index in [0.29, 0.717) is 28.2 Å². The first kappa shape index (κ1) is 26.8. The van der Waals surface area contributed by atoms with Gasteiger partial charge >= 0.3 is 5.92 Å². The van der Waals surface area contributed by atoms with E-state index in [4.69, 9.17) is 4.74 Å². The highest BCUT2D eigenvalue weighted by molar-refractivity contribution is 6.10. The Balaban J connectivity index is 1.79. The third-order valence-electron chi connectivity index (χ3n) is 7.05. The van der Waals surface area contributed by atoms with Crippen LogP contribution in [0, 0.1) is 12.7 Å². The number of aryl methyl sites for hydroxylation is 1. The Labute approximate surface area is 213 Å². The molecule has 1 amide bonds. The zero-order valence-corrected chi connectivity index (χ0v) is 21.9. The fourth-order valence-corrected chi connectivity index (χ4v) is 4.87. The van der Waals surface area contributed by atoms with Crippen molar-refractivity contribution in [2.45, 2.75) is 57.6 Å². The molecule has 37 heavy (non-hydrogen) atoms. The molecule has 1 aliphatic heterocycles. The molecule has 2 atom stereocenters. The number of hydrogen-bond acceptors (Lipinski definition) is 6. The smallest absolute Gasteiger partial charge is 0.303 e. The van der Waals surface area contributed by atoms with Gasteiger partial charge < -0.3 is 20.1 Å². The highest BCUT2D eigenvalue weighted by Gasteiger charge is 2.49. The van der Waals surface area contributed by atoms with Crippen molar-refractivity contribution in [3.8, 4) is 0 Å². The van der Waals surface area contributed by atoms with Crippen LogP contribution in [-0.2, 0) is 20.9 Å². The van der Waals surface area contributed by atoms with Gasteiger partial charge in [-0.15, -0.1) is 0 Å². The molecule has 0 saturated heterocycles. The Hall–Kier alpha value is -3.24. The number of amides is 1. The number of rotatable bonds is 7. The van der Waals surface area contributed by atoms with Crippen LogP contribution in [0.2, 0.25) is 0 Å². The number of methoxy groups -OCH3 is 1. The molecule has 3 aromatic rings. The van der Waals surface area contributed by atoms with Gasteiger partial charge in [-0.1, -0.05) is 12.1 Å². The van der Waals surface area contributed by atoms with Crippen LogP contribution < -0.4 is 10.2 Å². The van der Waals surface area contributed by atoms with Gasteiger partial charge in [0.25, 0.3) is 0 Å². The fraction of sp³-hybridized carbons (Fsp3) is 0.444. The second-order valence-corrected chi connectivity index (χ2v) is 10.3.